The SMILES string of the molecule is COCCn1c(SCC(=O)NC(c2ccc(F)cc2)c2cccs2)nnc1-c1ccncc1. The largest absolute Gasteiger partial charge is 0.383 e. The summed E-state index contributed by atoms with van der Waals surface area (Å²) in [4.78, 5) is 17.9. The number of methoxy groups -OCH3 is 1. The summed E-state index contributed by atoms with van der Waals surface area (Å²) in [7, 11) is 1.64. The van der Waals surface area contributed by atoms with E-state index in [9.17, 15) is 9.18 Å². The molecule has 4 aromatic rings. The van der Waals surface area contributed by atoms with Crippen molar-refractivity contribution >= 4 is 29.0 Å². The van der Waals surface area contributed by atoms with E-state index in [2.05, 4.69) is 20.5 Å². The number of carbonyl (C=O) groups is 1. The molecule has 1 unspecified atom stereocenters. The normalized spacial score (nSPS) is 11.9. The second-order valence-corrected chi connectivity index (χ2v) is 8.96. The van der Waals surface area contributed by atoms with Crippen molar-refractivity contribution in [3.05, 3.63) is 82.6 Å². The molecule has 170 valence electrons. The highest BCUT2D eigenvalue weighted by atomic mass is 32.2. The third kappa shape index (κ3) is 5.84. The number of hydrogen-bond donors (Lipinski definition) is 1. The summed E-state index contributed by atoms with van der Waals surface area (Å²) in [5.41, 5.74) is 1.71. The van der Waals surface area contributed by atoms with Gasteiger partial charge in [-0.25, -0.2) is 4.39 Å². The zero-order chi connectivity index (χ0) is 23.0. The van der Waals surface area contributed by atoms with Crippen LogP contribution in [0.3, 0.4) is 0 Å². The Bertz CT molecular complexity index is 1170. The van der Waals surface area contributed by atoms with Gasteiger partial charge in [0.1, 0.15) is 5.82 Å². The first-order chi connectivity index (χ1) is 16.2. The number of hydrogen-bond acceptors (Lipinski definition) is 7. The average Bonchev–Trinajstić information content (AvgIpc) is 3.51. The Labute approximate surface area is 199 Å². The number of nitrogens with one attached hydrogen (secondary N) is 1. The van der Waals surface area contributed by atoms with Crippen molar-refractivity contribution in [2.75, 3.05) is 19.5 Å². The van der Waals surface area contributed by atoms with Gasteiger partial charge in [0.25, 0.3) is 0 Å². The predicted octanol–water partition coefficient (Wildman–Crippen LogP) is 4.19. The number of carbonyl (C=O) groups excluding carboxylic acids is 1. The molecule has 1 amide bonds. The summed E-state index contributed by atoms with van der Waals surface area (Å²) in [5.74, 6) is 0.380. The minimum absolute atomic E-state index is 0.157. The van der Waals surface area contributed by atoms with Crippen LogP contribution < -0.4 is 5.32 Å². The van der Waals surface area contributed by atoms with Crippen molar-refractivity contribution in [1.82, 2.24) is 25.1 Å². The number of thioether (sulfide) groups is 1. The molecule has 4 rings (SSSR count). The number of halogens is 1. The highest BCUT2D eigenvalue weighted by Gasteiger charge is 2.20. The van der Waals surface area contributed by atoms with Crippen LogP contribution in [0.4, 0.5) is 4.39 Å². The molecular weight excluding hydrogens is 461 g/mol. The van der Waals surface area contributed by atoms with Crippen LogP contribution in [0.1, 0.15) is 16.5 Å². The van der Waals surface area contributed by atoms with Crippen molar-refractivity contribution in [1.29, 1.82) is 0 Å². The lowest BCUT2D eigenvalue weighted by molar-refractivity contribution is -0.119. The topological polar surface area (TPSA) is 81.9 Å². The summed E-state index contributed by atoms with van der Waals surface area (Å²) in [6, 6.07) is 13.4. The maximum atomic E-state index is 13.4. The van der Waals surface area contributed by atoms with Crippen molar-refractivity contribution < 1.29 is 13.9 Å². The first-order valence-electron chi connectivity index (χ1n) is 10.2. The molecule has 1 atom stereocenters. The maximum absolute atomic E-state index is 13.4. The molecule has 0 aliphatic heterocycles. The van der Waals surface area contributed by atoms with Gasteiger partial charge in [0, 0.05) is 29.9 Å². The van der Waals surface area contributed by atoms with E-state index in [-0.39, 0.29) is 23.5 Å². The van der Waals surface area contributed by atoms with Crippen LogP contribution in [0.5, 0.6) is 0 Å². The molecule has 0 saturated carbocycles. The van der Waals surface area contributed by atoms with Gasteiger partial charge < -0.3 is 10.1 Å². The maximum Gasteiger partial charge on any atom is 0.231 e. The summed E-state index contributed by atoms with van der Waals surface area (Å²) in [5, 5.41) is 14.3. The number of benzene rings is 1. The van der Waals surface area contributed by atoms with Gasteiger partial charge >= 0.3 is 0 Å². The Kier molecular flexibility index (Phi) is 7.82. The molecule has 3 heterocycles. The molecule has 0 spiro atoms. The smallest absolute Gasteiger partial charge is 0.231 e. The van der Waals surface area contributed by atoms with Gasteiger partial charge in [0.15, 0.2) is 11.0 Å². The van der Waals surface area contributed by atoms with Crippen molar-refractivity contribution in [2.45, 2.75) is 17.7 Å². The number of ether oxygens (including phenoxy) is 1. The standard InChI is InChI=1S/C23H22FN5O2S2/c1-31-13-12-29-22(17-8-10-25-11-9-17)27-28-23(29)33-15-20(30)26-21(19-3-2-14-32-19)16-4-6-18(24)7-5-16/h2-11,14,21H,12-13,15H2,1H3,(H,26,30). The summed E-state index contributed by atoms with van der Waals surface area (Å²) in [6.07, 6.45) is 3.40. The molecule has 7 nitrogen and oxygen atoms in total. The zero-order valence-electron chi connectivity index (χ0n) is 17.8. The third-order valence-corrected chi connectivity index (χ3v) is 6.75. The van der Waals surface area contributed by atoms with Gasteiger partial charge in [-0.1, -0.05) is 30.0 Å². The van der Waals surface area contributed by atoms with E-state index in [0.717, 1.165) is 16.0 Å². The molecule has 0 radical (unpaired) electrons. The number of thiophene rings is 1. The number of rotatable bonds is 10. The minimum Gasteiger partial charge on any atom is -0.383 e. The van der Waals surface area contributed by atoms with Gasteiger partial charge in [0.2, 0.25) is 5.91 Å². The lowest BCUT2D eigenvalue weighted by Crippen LogP contribution is -2.30. The van der Waals surface area contributed by atoms with E-state index in [1.807, 2.05) is 34.2 Å². The molecular formula is C23H22FN5O2S2. The molecule has 3 aromatic heterocycles. The fraction of sp³-hybridized carbons (Fsp3) is 0.217. The first kappa shape index (κ1) is 23.1. The van der Waals surface area contributed by atoms with Crippen LogP contribution in [-0.2, 0) is 16.1 Å². The molecule has 0 bridgehead atoms. The second kappa shape index (κ2) is 11.2. The molecule has 0 saturated heterocycles. The van der Waals surface area contributed by atoms with Crippen LogP contribution in [0, 0.1) is 5.82 Å². The molecule has 1 N–H and O–H groups in total. The molecule has 0 fully saturated rings. The second-order valence-electron chi connectivity index (χ2n) is 7.04. The van der Waals surface area contributed by atoms with E-state index in [1.165, 1.54) is 35.2 Å². The zero-order valence-corrected chi connectivity index (χ0v) is 19.5. The van der Waals surface area contributed by atoms with Crippen LogP contribution in [-0.4, -0.2) is 45.1 Å². The number of amides is 1. The van der Waals surface area contributed by atoms with E-state index >= 15 is 0 Å². The van der Waals surface area contributed by atoms with Crippen molar-refractivity contribution in [2.24, 2.45) is 0 Å². The number of aromatic nitrogens is 4. The van der Waals surface area contributed by atoms with Gasteiger partial charge in [-0.3, -0.25) is 14.3 Å². The lowest BCUT2D eigenvalue weighted by Gasteiger charge is -2.18. The van der Waals surface area contributed by atoms with E-state index in [4.69, 9.17) is 4.74 Å². The summed E-state index contributed by atoms with van der Waals surface area (Å²) < 4.78 is 20.6. The third-order valence-electron chi connectivity index (χ3n) is 4.84. The van der Waals surface area contributed by atoms with Crippen molar-refractivity contribution in [3.63, 3.8) is 0 Å². The minimum atomic E-state index is -0.350. The predicted molar refractivity (Wildman–Crippen MR) is 127 cm³/mol. The summed E-state index contributed by atoms with van der Waals surface area (Å²) >= 11 is 2.85. The van der Waals surface area contributed by atoms with Crippen LogP contribution in [0.15, 0.2) is 71.5 Å². The van der Waals surface area contributed by atoms with Gasteiger partial charge in [0.05, 0.1) is 24.9 Å². The Hall–Kier alpha value is -3.08. The molecule has 0 aliphatic rings. The monoisotopic (exact) mass is 483 g/mol. The number of nitrogens with zero attached hydrogens (tertiary/aromatic N) is 4. The van der Waals surface area contributed by atoms with Crippen LogP contribution in [0.2, 0.25) is 0 Å². The Morgan fingerprint density at radius 2 is 1.97 bits per heavy atom. The van der Waals surface area contributed by atoms with Gasteiger partial charge in [-0.15, -0.1) is 21.5 Å². The van der Waals surface area contributed by atoms with Crippen LogP contribution >= 0.6 is 23.1 Å². The van der Waals surface area contributed by atoms with E-state index < -0.39 is 0 Å². The lowest BCUT2D eigenvalue weighted by atomic mass is 10.1. The Morgan fingerprint density at radius 3 is 2.67 bits per heavy atom. The molecule has 10 heteroatoms. The number of pyridine rings is 1. The molecule has 1 aromatic carbocycles. The van der Waals surface area contributed by atoms with Crippen molar-refractivity contribution in [3.8, 4) is 11.4 Å². The fourth-order valence-corrected chi connectivity index (χ4v) is 4.83. The van der Waals surface area contributed by atoms with E-state index in [1.54, 1.807) is 31.6 Å². The quantitative estimate of drug-likeness (QED) is 0.341. The molecule has 0 aliphatic carbocycles. The summed E-state index contributed by atoms with van der Waals surface area (Å²) in [6.45, 7) is 1.04. The highest BCUT2D eigenvalue weighted by Crippen LogP contribution is 2.27. The van der Waals surface area contributed by atoms with Gasteiger partial charge in [-0.2, -0.15) is 0 Å². The molecule has 33 heavy (non-hydrogen) atoms. The Balaban J connectivity index is 1.48. The fourth-order valence-electron chi connectivity index (χ4n) is 3.26. The highest BCUT2D eigenvalue weighted by molar-refractivity contribution is 7.99. The Morgan fingerprint density at radius 1 is 1.18 bits per heavy atom. The average molecular weight is 484 g/mol. The van der Waals surface area contributed by atoms with Gasteiger partial charge in [-0.05, 0) is 41.3 Å². The van der Waals surface area contributed by atoms with E-state index in [0.29, 0.717) is 24.1 Å². The first-order valence-corrected chi connectivity index (χ1v) is 12.1. The van der Waals surface area contributed by atoms with Crippen LogP contribution in [0.25, 0.3) is 11.4 Å².